The summed E-state index contributed by atoms with van der Waals surface area (Å²) < 4.78 is 32.1. The van der Waals surface area contributed by atoms with Crippen molar-refractivity contribution in [1.82, 2.24) is 14.5 Å². The standard InChI is InChI=1S/C34H36ClN3O5S/c1-43-30-19-17-28(18-20-30)24-38(33(39)25-37(44(2,41)42)23-27-13-7-4-8-14-27)32(21-26-11-5-3-6-12-26)34(40)36-22-29-15-9-10-16-31(29)35/h3-20,32H,21-25H2,1-2H3,(H,36,40)/t32-/m1/s1. The van der Waals surface area contributed by atoms with Gasteiger partial charge >= 0.3 is 0 Å². The average Bonchev–Trinajstić information content (AvgIpc) is 3.02. The quantitative estimate of drug-likeness (QED) is 0.209. The van der Waals surface area contributed by atoms with Gasteiger partial charge in [-0.3, -0.25) is 9.59 Å². The van der Waals surface area contributed by atoms with Crippen LogP contribution in [0.1, 0.15) is 22.3 Å². The number of hydrogen-bond donors (Lipinski definition) is 1. The Kier molecular flexibility index (Phi) is 11.5. The molecule has 0 aromatic heterocycles. The molecule has 0 bridgehead atoms. The molecule has 0 aliphatic heterocycles. The van der Waals surface area contributed by atoms with E-state index in [1.807, 2.05) is 78.9 Å². The Hall–Kier alpha value is -4.18. The molecule has 4 aromatic rings. The smallest absolute Gasteiger partial charge is 0.243 e. The largest absolute Gasteiger partial charge is 0.497 e. The van der Waals surface area contributed by atoms with Crippen molar-refractivity contribution in [3.8, 4) is 5.75 Å². The summed E-state index contributed by atoms with van der Waals surface area (Å²) in [5, 5.41) is 3.47. The van der Waals surface area contributed by atoms with E-state index in [4.69, 9.17) is 16.3 Å². The van der Waals surface area contributed by atoms with Crippen molar-refractivity contribution in [2.75, 3.05) is 19.9 Å². The predicted molar refractivity (Wildman–Crippen MR) is 172 cm³/mol. The molecular formula is C34H36ClN3O5S. The number of halogens is 1. The van der Waals surface area contributed by atoms with Gasteiger partial charge in [0.25, 0.3) is 0 Å². The van der Waals surface area contributed by atoms with Crippen LogP contribution in [-0.4, -0.2) is 55.4 Å². The van der Waals surface area contributed by atoms with Gasteiger partial charge in [0, 0.05) is 31.1 Å². The predicted octanol–water partition coefficient (Wildman–Crippen LogP) is 5.07. The van der Waals surface area contributed by atoms with E-state index in [-0.39, 0.29) is 32.0 Å². The highest BCUT2D eigenvalue weighted by molar-refractivity contribution is 7.88. The fourth-order valence-electron chi connectivity index (χ4n) is 4.74. The number of sulfonamides is 1. The minimum absolute atomic E-state index is 0.0177. The van der Waals surface area contributed by atoms with Gasteiger partial charge in [0.15, 0.2) is 0 Å². The van der Waals surface area contributed by atoms with Crippen molar-refractivity contribution in [3.05, 3.63) is 136 Å². The molecule has 230 valence electrons. The zero-order valence-corrected chi connectivity index (χ0v) is 26.3. The van der Waals surface area contributed by atoms with Crippen LogP contribution in [0.4, 0.5) is 0 Å². The molecule has 10 heteroatoms. The maximum atomic E-state index is 14.2. The van der Waals surface area contributed by atoms with Crippen molar-refractivity contribution in [1.29, 1.82) is 0 Å². The van der Waals surface area contributed by atoms with Crippen molar-refractivity contribution >= 4 is 33.4 Å². The van der Waals surface area contributed by atoms with Crippen molar-refractivity contribution < 1.29 is 22.7 Å². The molecule has 0 saturated heterocycles. The van der Waals surface area contributed by atoms with E-state index >= 15 is 0 Å². The molecule has 0 aliphatic carbocycles. The molecule has 0 fully saturated rings. The molecule has 4 aromatic carbocycles. The first-order chi connectivity index (χ1) is 21.1. The second-order valence-electron chi connectivity index (χ2n) is 10.4. The number of benzene rings is 4. The zero-order chi connectivity index (χ0) is 31.5. The lowest BCUT2D eigenvalue weighted by atomic mass is 10.0. The van der Waals surface area contributed by atoms with E-state index in [1.54, 1.807) is 37.4 Å². The molecule has 0 unspecified atom stereocenters. The number of hydrogen-bond acceptors (Lipinski definition) is 5. The first-order valence-corrected chi connectivity index (χ1v) is 16.3. The summed E-state index contributed by atoms with van der Waals surface area (Å²) in [5.74, 6) is -0.239. The van der Waals surface area contributed by atoms with Crippen LogP contribution in [0.15, 0.2) is 109 Å². The van der Waals surface area contributed by atoms with Crippen LogP contribution in [0, 0.1) is 0 Å². The molecule has 1 atom stereocenters. The summed E-state index contributed by atoms with van der Waals surface area (Å²) >= 11 is 6.34. The number of carbonyl (C=O) groups excluding carboxylic acids is 2. The number of ether oxygens (including phenoxy) is 1. The molecule has 4 rings (SSSR count). The zero-order valence-electron chi connectivity index (χ0n) is 24.7. The topological polar surface area (TPSA) is 96.0 Å². The van der Waals surface area contributed by atoms with Crippen molar-refractivity contribution in [2.24, 2.45) is 0 Å². The summed E-state index contributed by atoms with van der Waals surface area (Å²) in [6.07, 6.45) is 1.30. The molecular weight excluding hydrogens is 598 g/mol. The summed E-state index contributed by atoms with van der Waals surface area (Å²) in [6, 6.07) is 31.9. The van der Waals surface area contributed by atoms with Gasteiger partial charge in [-0.05, 0) is 40.5 Å². The highest BCUT2D eigenvalue weighted by Crippen LogP contribution is 2.20. The number of amides is 2. The Morgan fingerprint density at radius 3 is 1.95 bits per heavy atom. The number of rotatable bonds is 14. The Bertz CT molecular complexity index is 1630. The summed E-state index contributed by atoms with van der Waals surface area (Å²) in [7, 11) is -2.21. The number of methoxy groups -OCH3 is 1. The van der Waals surface area contributed by atoms with Crippen LogP contribution in [0.3, 0.4) is 0 Å². The molecule has 0 aliphatic rings. The Labute approximate surface area is 264 Å². The third-order valence-corrected chi connectivity index (χ3v) is 8.74. The second-order valence-corrected chi connectivity index (χ2v) is 12.8. The molecule has 8 nitrogen and oxygen atoms in total. The van der Waals surface area contributed by atoms with Crippen molar-refractivity contribution in [2.45, 2.75) is 32.1 Å². The number of nitrogens with zero attached hydrogens (tertiary/aromatic N) is 2. The minimum atomic E-state index is -3.78. The Morgan fingerprint density at radius 1 is 0.795 bits per heavy atom. The van der Waals surface area contributed by atoms with Crippen LogP contribution in [0.25, 0.3) is 0 Å². The van der Waals surface area contributed by atoms with Crippen LogP contribution in [0.2, 0.25) is 5.02 Å². The molecule has 2 amide bonds. The van der Waals surface area contributed by atoms with E-state index < -0.39 is 28.5 Å². The van der Waals surface area contributed by atoms with Gasteiger partial charge in [0.2, 0.25) is 21.8 Å². The molecule has 0 heterocycles. The van der Waals surface area contributed by atoms with Crippen LogP contribution in [0.5, 0.6) is 5.75 Å². The monoisotopic (exact) mass is 633 g/mol. The third-order valence-electron chi connectivity index (χ3n) is 7.18. The van der Waals surface area contributed by atoms with Gasteiger partial charge in [-0.25, -0.2) is 8.42 Å². The summed E-state index contributed by atoms with van der Waals surface area (Å²) in [4.78, 5) is 29.6. The summed E-state index contributed by atoms with van der Waals surface area (Å²) in [5.41, 5.74) is 3.08. The van der Waals surface area contributed by atoms with Gasteiger partial charge in [-0.15, -0.1) is 0 Å². The molecule has 1 N–H and O–H groups in total. The van der Waals surface area contributed by atoms with Gasteiger partial charge in [-0.2, -0.15) is 4.31 Å². The highest BCUT2D eigenvalue weighted by atomic mass is 35.5. The lowest BCUT2D eigenvalue weighted by Crippen LogP contribution is -2.53. The van der Waals surface area contributed by atoms with E-state index in [0.717, 1.165) is 32.8 Å². The number of carbonyl (C=O) groups is 2. The lowest BCUT2D eigenvalue weighted by Gasteiger charge is -2.33. The Balaban J connectivity index is 1.69. The fraction of sp³-hybridized carbons (Fsp3) is 0.235. The first kappa shape index (κ1) is 32.7. The van der Waals surface area contributed by atoms with Gasteiger partial charge in [0.1, 0.15) is 11.8 Å². The van der Waals surface area contributed by atoms with Crippen LogP contribution < -0.4 is 10.1 Å². The number of nitrogens with one attached hydrogen (secondary N) is 1. The minimum Gasteiger partial charge on any atom is -0.497 e. The summed E-state index contributed by atoms with van der Waals surface area (Å²) in [6.45, 7) is -0.183. The van der Waals surface area contributed by atoms with E-state index in [2.05, 4.69) is 5.32 Å². The SMILES string of the molecule is COc1ccc(CN(C(=O)CN(Cc2ccccc2)S(C)(=O)=O)[C@H](Cc2ccccc2)C(=O)NCc2ccccc2Cl)cc1. The lowest BCUT2D eigenvalue weighted by molar-refractivity contribution is -0.141. The maximum absolute atomic E-state index is 14.2. The van der Waals surface area contributed by atoms with Crippen LogP contribution in [-0.2, 0) is 45.7 Å². The van der Waals surface area contributed by atoms with E-state index in [9.17, 15) is 18.0 Å². The maximum Gasteiger partial charge on any atom is 0.243 e. The van der Waals surface area contributed by atoms with Gasteiger partial charge in [-0.1, -0.05) is 103 Å². The second kappa shape index (κ2) is 15.5. The molecule has 0 radical (unpaired) electrons. The fourth-order valence-corrected chi connectivity index (χ4v) is 5.67. The van der Waals surface area contributed by atoms with Crippen LogP contribution >= 0.6 is 11.6 Å². The van der Waals surface area contributed by atoms with Gasteiger partial charge < -0.3 is 15.0 Å². The molecule has 44 heavy (non-hydrogen) atoms. The highest BCUT2D eigenvalue weighted by Gasteiger charge is 2.33. The average molecular weight is 634 g/mol. The van der Waals surface area contributed by atoms with E-state index in [1.165, 1.54) is 4.90 Å². The van der Waals surface area contributed by atoms with Crippen molar-refractivity contribution in [3.63, 3.8) is 0 Å². The third kappa shape index (κ3) is 9.41. The first-order valence-electron chi connectivity index (χ1n) is 14.1. The molecule has 0 spiro atoms. The Morgan fingerprint density at radius 2 is 1.36 bits per heavy atom. The normalized spacial score (nSPS) is 12.0. The van der Waals surface area contributed by atoms with E-state index in [0.29, 0.717) is 10.8 Å². The van der Waals surface area contributed by atoms with Gasteiger partial charge in [0.05, 0.1) is 19.9 Å². The molecule has 0 saturated carbocycles.